The van der Waals surface area contributed by atoms with Gasteiger partial charge in [0.05, 0.1) is 19.0 Å². The van der Waals surface area contributed by atoms with E-state index in [1.54, 1.807) is 48.5 Å². The van der Waals surface area contributed by atoms with Crippen molar-refractivity contribution in [2.45, 2.75) is 12.8 Å². The van der Waals surface area contributed by atoms with E-state index < -0.39 is 0 Å². The summed E-state index contributed by atoms with van der Waals surface area (Å²) in [6, 6.07) is 13.0. The minimum absolute atomic E-state index is 0.141. The molecule has 9 nitrogen and oxygen atoms in total. The largest absolute Gasteiger partial charge is 0.508 e. The molecule has 31 heavy (non-hydrogen) atoms. The Morgan fingerprint density at radius 2 is 1.35 bits per heavy atom. The second-order valence-corrected chi connectivity index (χ2v) is 7.26. The first kappa shape index (κ1) is 22.0. The number of likely N-dealkylation sites (tertiary alicyclic amines) is 1. The fraction of sp³-hybridized carbons (Fsp3) is 0.273. The molecule has 0 atom stereocenters. The van der Waals surface area contributed by atoms with Crippen LogP contribution in [0.25, 0.3) is 0 Å². The summed E-state index contributed by atoms with van der Waals surface area (Å²) in [5.41, 5.74) is 6.57. The van der Waals surface area contributed by atoms with Crippen LogP contribution in [-0.2, 0) is 9.59 Å². The van der Waals surface area contributed by atoms with Crippen molar-refractivity contribution in [3.8, 4) is 11.5 Å². The van der Waals surface area contributed by atoms with Crippen molar-refractivity contribution in [3.63, 3.8) is 0 Å². The molecule has 0 spiro atoms. The molecule has 2 amide bonds. The van der Waals surface area contributed by atoms with Gasteiger partial charge in [-0.25, -0.2) is 10.9 Å². The van der Waals surface area contributed by atoms with Crippen molar-refractivity contribution < 1.29 is 19.8 Å². The lowest BCUT2D eigenvalue weighted by Gasteiger charge is -2.30. The second kappa shape index (κ2) is 10.9. The highest BCUT2D eigenvalue weighted by molar-refractivity contribution is 5.84. The van der Waals surface area contributed by atoms with Crippen LogP contribution in [0.1, 0.15) is 24.0 Å². The molecule has 3 rings (SSSR count). The van der Waals surface area contributed by atoms with E-state index in [0.717, 1.165) is 11.1 Å². The first-order valence-corrected chi connectivity index (χ1v) is 9.95. The summed E-state index contributed by atoms with van der Waals surface area (Å²) in [6.07, 6.45) is 4.32. The summed E-state index contributed by atoms with van der Waals surface area (Å²) >= 11 is 0. The lowest BCUT2D eigenvalue weighted by atomic mass is 9.96. The number of aromatic hydroxyl groups is 2. The SMILES string of the molecule is O=C(CN1CCC(C(=O)NN=Cc2ccc(O)cc2)CC1)NN=Cc1ccc(O)cc1. The van der Waals surface area contributed by atoms with E-state index in [4.69, 9.17) is 0 Å². The summed E-state index contributed by atoms with van der Waals surface area (Å²) in [7, 11) is 0. The van der Waals surface area contributed by atoms with Crippen LogP contribution in [0.15, 0.2) is 58.7 Å². The Morgan fingerprint density at radius 3 is 1.87 bits per heavy atom. The number of nitrogens with zero attached hydrogens (tertiary/aromatic N) is 3. The van der Waals surface area contributed by atoms with Gasteiger partial charge < -0.3 is 10.2 Å². The summed E-state index contributed by atoms with van der Waals surface area (Å²) in [5, 5.41) is 26.4. The van der Waals surface area contributed by atoms with Gasteiger partial charge in [0.15, 0.2) is 0 Å². The van der Waals surface area contributed by atoms with Crippen molar-refractivity contribution in [2.24, 2.45) is 16.1 Å². The summed E-state index contributed by atoms with van der Waals surface area (Å²) in [4.78, 5) is 26.3. The number of nitrogens with one attached hydrogen (secondary N) is 2. The van der Waals surface area contributed by atoms with Crippen LogP contribution in [-0.4, -0.2) is 59.0 Å². The van der Waals surface area contributed by atoms with Crippen LogP contribution in [0.2, 0.25) is 0 Å². The molecule has 1 fully saturated rings. The average molecular weight is 423 g/mol. The smallest absolute Gasteiger partial charge is 0.254 e. The van der Waals surface area contributed by atoms with Gasteiger partial charge >= 0.3 is 0 Å². The van der Waals surface area contributed by atoms with E-state index in [2.05, 4.69) is 21.1 Å². The van der Waals surface area contributed by atoms with Gasteiger partial charge in [-0.15, -0.1) is 0 Å². The van der Waals surface area contributed by atoms with Gasteiger partial charge in [-0.1, -0.05) is 0 Å². The standard InChI is InChI=1S/C22H25N5O4/c28-19-5-1-16(2-6-19)13-23-25-21(30)15-27-11-9-18(10-12-27)22(31)26-24-14-17-3-7-20(29)8-4-17/h1-8,13-14,18,28-29H,9-12,15H2,(H,25,30)(H,26,31). The van der Waals surface area contributed by atoms with E-state index in [9.17, 15) is 19.8 Å². The van der Waals surface area contributed by atoms with Crippen molar-refractivity contribution >= 4 is 24.2 Å². The number of carbonyl (C=O) groups is 2. The third-order valence-corrected chi connectivity index (χ3v) is 4.90. The molecule has 2 aromatic carbocycles. The van der Waals surface area contributed by atoms with Crippen LogP contribution in [0.3, 0.4) is 0 Å². The van der Waals surface area contributed by atoms with Crippen LogP contribution >= 0.6 is 0 Å². The molecule has 4 N–H and O–H groups in total. The number of rotatable bonds is 7. The average Bonchev–Trinajstić information content (AvgIpc) is 2.77. The molecule has 0 bridgehead atoms. The maximum atomic E-state index is 12.3. The fourth-order valence-corrected chi connectivity index (χ4v) is 3.15. The first-order chi connectivity index (χ1) is 15.0. The molecular weight excluding hydrogens is 398 g/mol. The zero-order valence-corrected chi connectivity index (χ0v) is 16.9. The van der Waals surface area contributed by atoms with Gasteiger partial charge in [-0.2, -0.15) is 10.2 Å². The second-order valence-electron chi connectivity index (χ2n) is 7.26. The Kier molecular flexibility index (Phi) is 7.72. The predicted octanol–water partition coefficient (Wildman–Crippen LogP) is 1.41. The highest BCUT2D eigenvalue weighted by atomic mass is 16.3. The molecule has 0 radical (unpaired) electrons. The molecule has 0 saturated carbocycles. The molecule has 162 valence electrons. The summed E-state index contributed by atoms with van der Waals surface area (Å²) in [5.74, 6) is -0.175. The van der Waals surface area contributed by atoms with Crippen LogP contribution in [0.4, 0.5) is 0 Å². The molecule has 0 unspecified atom stereocenters. The number of amides is 2. The summed E-state index contributed by atoms with van der Waals surface area (Å²) < 4.78 is 0. The molecule has 0 aromatic heterocycles. The van der Waals surface area contributed by atoms with Gasteiger partial charge in [0.1, 0.15) is 11.5 Å². The first-order valence-electron chi connectivity index (χ1n) is 9.95. The molecule has 1 aliphatic heterocycles. The normalized spacial score (nSPS) is 15.4. The quantitative estimate of drug-likeness (QED) is 0.396. The van der Waals surface area contributed by atoms with Crippen LogP contribution in [0, 0.1) is 5.92 Å². The van der Waals surface area contributed by atoms with Gasteiger partial charge in [0, 0.05) is 5.92 Å². The third-order valence-electron chi connectivity index (χ3n) is 4.90. The Morgan fingerprint density at radius 1 is 0.871 bits per heavy atom. The van der Waals surface area contributed by atoms with Gasteiger partial charge in [-0.3, -0.25) is 14.5 Å². The van der Waals surface area contributed by atoms with Gasteiger partial charge in [0.25, 0.3) is 5.91 Å². The molecule has 2 aromatic rings. The highest BCUT2D eigenvalue weighted by Crippen LogP contribution is 2.17. The number of hydrogen-bond acceptors (Lipinski definition) is 7. The van der Waals surface area contributed by atoms with E-state index in [1.165, 1.54) is 12.4 Å². The Hall–Kier alpha value is -3.72. The van der Waals surface area contributed by atoms with Crippen LogP contribution < -0.4 is 10.9 Å². The van der Waals surface area contributed by atoms with Crippen LogP contribution in [0.5, 0.6) is 11.5 Å². The van der Waals surface area contributed by atoms with E-state index in [1.807, 2.05) is 4.90 Å². The number of hydrazone groups is 2. The molecule has 1 aliphatic rings. The molecule has 1 saturated heterocycles. The molecule has 0 aliphatic carbocycles. The number of carbonyl (C=O) groups excluding carboxylic acids is 2. The zero-order valence-electron chi connectivity index (χ0n) is 16.9. The number of benzene rings is 2. The number of hydrogen-bond donors (Lipinski definition) is 4. The zero-order chi connectivity index (χ0) is 22.1. The summed E-state index contributed by atoms with van der Waals surface area (Å²) in [6.45, 7) is 1.48. The lowest BCUT2D eigenvalue weighted by molar-refractivity contribution is -0.126. The topological polar surface area (TPSA) is 127 Å². The third kappa shape index (κ3) is 7.23. The van der Waals surface area contributed by atoms with Crippen molar-refractivity contribution in [3.05, 3.63) is 59.7 Å². The molecule has 1 heterocycles. The Balaban J connectivity index is 1.35. The lowest BCUT2D eigenvalue weighted by Crippen LogP contribution is -2.43. The minimum atomic E-state index is -0.226. The van der Waals surface area contributed by atoms with Crippen molar-refractivity contribution in [1.29, 1.82) is 0 Å². The number of piperidine rings is 1. The van der Waals surface area contributed by atoms with E-state index in [0.29, 0.717) is 25.9 Å². The Bertz CT molecular complexity index is 933. The predicted molar refractivity (Wildman–Crippen MR) is 117 cm³/mol. The fourth-order valence-electron chi connectivity index (χ4n) is 3.15. The Labute approximate surface area is 180 Å². The number of phenolic OH excluding ortho intramolecular Hbond substituents is 2. The van der Waals surface area contributed by atoms with Gasteiger partial charge in [0.2, 0.25) is 5.91 Å². The van der Waals surface area contributed by atoms with E-state index >= 15 is 0 Å². The number of phenols is 2. The highest BCUT2D eigenvalue weighted by Gasteiger charge is 2.25. The minimum Gasteiger partial charge on any atom is -0.508 e. The van der Waals surface area contributed by atoms with E-state index in [-0.39, 0.29) is 35.8 Å². The van der Waals surface area contributed by atoms with Gasteiger partial charge in [-0.05, 0) is 85.6 Å². The maximum absolute atomic E-state index is 12.3. The van der Waals surface area contributed by atoms with Crippen molar-refractivity contribution in [2.75, 3.05) is 19.6 Å². The molecule has 9 heteroatoms. The molecular formula is C22H25N5O4. The van der Waals surface area contributed by atoms with Crippen molar-refractivity contribution in [1.82, 2.24) is 15.8 Å². The maximum Gasteiger partial charge on any atom is 0.254 e. The monoisotopic (exact) mass is 423 g/mol.